The number of benzene rings is 1. The number of nitrogens with two attached hydrogens (primary N) is 1. The Bertz CT molecular complexity index is 315. The number of phenols is 1. The number of hydrogen-bond acceptors (Lipinski definition) is 3. The molecule has 0 spiro atoms. The van der Waals surface area contributed by atoms with Crippen LogP contribution in [0.25, 0.3) is 0 Å². The van der Waals surface area contributed by atoms with Gasteiger partial charge in [-0.2, -0.15) is 0 Å². The van der Waals surface area contributed by atoms with Crippen molar-refractivity contribution in [2.75, 3.05) is 19.6 Å². The summed E-state index contributed by atoms with van der Waals surface area (Å²) < 4.78 is 0. The highest BCUT2D eigenvalue weighted by molar-refractivity contribution is 5.26. The van der Waals surface area contributed by atoms with Crippen molar-refractivity contribution in [3.8, 4) is 5.75 Å². The maximum atomic E-state index is 9.39. The molecule has 3 N–H and O–H groups in total. The molecule has 0 bridgehead atoms. The van der Waals surface area contributed by atoms with Gasteiger partial charge in [0.05, 0.1) is 0 Å². The molecule has 0 aromatic heterocycles. The molecule has 0 amide bonds. The Morgan fingerprint density at radius 3 is 2.75 bits per heavy atom. The summed E-state index contributed by atoms with van der Waals surface area (Å²) >= 11 is 0. The average Bonchev–Trinajstić information content (AvgIpc) is 2.28. The third-order valence-electron chi connectivity index (χ3n) is 2.74. The Kier molecular flexibility index (Phi) is 5.29. The number of aromatic hydroxyl groups is 1. The zero-order valence-electron chi connectivity index (χ0n) is 10.2. The molecule has 3 nitrogen and oxygen atoms in total. The van der Waals surface area contributed by atoms with E-state index in [1.54, 1.807) is 6.07 Å². The van der Waals surface area contributed by atoms with E-state index in [1.165, 1.54) is 0 Å². The zero-order valence-corrected chi connectivity index (χ0v) is 10.2. The highest BCUT2D eigenvalue weighted by Gasteiger charge is 2.08. The first kappa shape index (κ1) is 13.0. The van der Waals surface area contributed by atoms with E-state index in [0.717, 1.165) is 31.7 Å². The van der Waals surface area contributed by atoms with E-state index in [9.17, 15) is 5.11 Å². The van der Waals surface area contributed by atoms with Crippen LogP contribution in [0, 0.1) is 5.92 Å². The first-order chi connectivity index (χ1) is 7.65. The van der Waals surface area contributed by atoms with Crippen molar-refractivity contribution in [3.63, 3.8) is 0 Å². The second-order valence-electron chi connectivity index (χ2n) is 4.34. The molecule has 0 radical (unpaired) electrons. The lowest BCUT2D eigenvalue weighted by Crippen LogP contribution is -2.31. The van der Waals surface area contributed by atoms with E-state index in [1.807, 2.05) is 18.2 Å². The minimum atomic E-state index is 0.334. The molecule has 0 saturated heterocycles. The second kappa shape index (κ2) is 6.51. The summed E-state index contributed by atoms with van der Waals surface area (Å²) in [6.45, 7) is 7.89. The van der Waals surface area contributed by atoms with Gasteiger partial charge in [0.2, 0.25) is 0 Å². The fourth-order valence-corrected chi connectivity index (χ4v) is 1.73. The largest absolute Gasteiger partial charge is 0.508 e. The molecular formula is C13H22N2O. The van der Waals surface area contributed by atoms with Crippen molar-refractivity contribution in [1.29, 1.82) is 0 Å². The molecule has 3 heteroatoms. The fourth-order valence-electron chi connectivity index (χ4n) is 1.73. The van der Waals surface area contributed by atoms with Gasteiger partial charge in [-0.25, -0.2) is 0 Å². The standard InChI is InChI=1S/C13H22N2O/c1-3-15(9-11(2)8-14)10-12-5-4-6-13(16)7-12/h4-7,11,16H,3,8-10,14H2,1-2H3. The monoisotopic (exact) mass is 222 g/mol. The van der Waals surface area contributed by atoms with Gasteiger partial charge in [0.15, 0.2) is 0 Å². The maximum Gasteiger partial charge on any atom is 0.115 e. The van der Waals surface area contributed by atoms with Crippen LogP contribution in [0.2, 0.25) is 0 Å². The van der Waals surface area contributed by atoms with E-state index in [0.29, 0.717) is 11.7 Å². The van der Waals surface area contributed by atoms with Crippen LogP contribution in [0.4, 0.5) is 0 Å². The zero-order chi connectivity index (χ0) is 12.0. The molecular weight excluding hydrogens is 200 g/mol. The van der Waals surface area contributed by atoms with E-state index >= 15 is 0 Å². The Morgan fingerprint density at radius 2 is 2.19 bits per heavy atom. The number of hydrogen-bond donors (Lipinski definition) is 2. The summed E-state index contributed by atoms with van der Waals surface area (Å²) in [5, 5.41) is 9.39. The Hall–Kier alpha value is -1.06. The first-order valence-corrected chi connectivity index (χ1v) is 5.86. The van der Waals surface area contributed by atoms with E-state index in [-0.39, 0.29) is 0 Å². The van der Waals surface area contributed by atoms with Gasteiger partial charge >= 0.3 is 0 Å². The van der Waals surface area contributed by atoms with Crippen LogP contribution in [0.1, 0.15) is 19.4 Å². The summed E-state index contributed by atoms with van der Waals surface area (Å²) in [5.41, 5.74) is 6.77. The van der Waals surface area contributed by atoms with Crippen LogP contribution in [0.15, 0.2) is 24.3 Å². The normalized spacial score (nSPS) is 13.0. The molecule has 0 aliphatic rings. The van der Waals surface area contributed by atoms with Crippen molar-refractivity contribution < 1.29 is 5.11 Å². The van der Waals surface area contributed by atoms with Gasteiger partial charge in [-0.15, -0.1) is 0 Å². The number of nitrogens with zero attached hydrogens (tertiary/aromatic N) is 1. The molecule has 0 heterocycles. The summed E-state index contributed by atoms with van der Waals surface area (Å²) in [4.78, 5) is 2.34. The topological polar surface area (TPSA) is 49.5 Å². The van der Waals surface area contributed by atoms with Gasteiger partial charge in [0.1, 0.15) is 5.75 Å². The molecule has 0 aliphatic heterocycles. The van der Waals surface area contributed by atoms with Gasteiger partial charge in [0, 0.05) is 13.1 Å². The number of rotatable bonds is 6. The quantitative estimate of drug-likeness (QED) is 0.771. The molecule has 0 saturated carbocycles. The van der Waals surface area contributed by atoms with Gasteiger partial charge in [-0.05, 0) is 36.7 Å². The van der Waals surface area contributed by atoms with Crippen LogP contribution in [0.3, 0.4) is 0 Å². The summed E-state index contributed by atoms with van der Waals surface area (Å²) in [7, 11) is 0. The van der Waals surface area contributed by atoms with Crippen LogP contribution in [-0.4, -0.2) is 29.6 Å². The third-order valence-corrected chi connectivity index (χ3v) is 2.74. The summed E-state index contributed by atoms with van der Waals surface area (Å²) in [6.07, 6.45) is 0. The van der Waals surface area contributed by atoms with E-state index in [4.69, 9.17) is 5.73 Å². The highest BCUT2D eigenvalue weighted by atomic mass is 16.3. The maximum absolute atomic E-state index is 9.39. The SMILES string of the molecule is CCN(Cc1cccc(O)c1)CC(C)CN. The molecule has 0 fully saturated rings. The third kappa shape index (κ3) is 4.21. The average molecular weight is 222 g/mol. The van der Waals surface area contributed by atoms with Crippen LogP contribution in [-0.2, 0) is 6.54 Å². The Labute approximate surface area is 97.9 Å². The van der Waals surface area contributed by atoms with E-state index in [2.05, 4.69) is 18.7 Å². The Morgan fingerprint density at radius 1 is 1.44 bits per heavy atom. The van der Waals surface area contributed by atoms with Crippen LogP contribution >= 0.6 is 0 Å². The smallest absolute Gasteiger partial charge is 0.115 e. The molecule has 1 rings (SSSR count). The minimum absolute atomic E-state index is 0.334. The van der Waals surface area contributed by atoms with Gasteiger partial charge in [-0.1, -0.05) is 26.0 Å². The molecule has 1 atom stereocenters. The van der Waals surface area contributed by atoms with Crippen LogP contribution < -0.4 is 5.73 Å². The van der Waals surface area contributed by atoms with Crippen LogP contribution in [0.5, 0.6) is 5.75 Å². The van der Waals surface area contributed by atoms with Crippen molar-refractivity contribution in [3.05, 3.63) is 29.8 Å². The molecule has 0 aliphatic carbocycles. The Balaban J connectivity index is 2.56. The van der Waals surface area contributed by atoms with E-state index < -0.39 is 0 Å². The van der Waals surface area contributed by atoms with Crippen molar-refractivity contribution in [2.45, 2.75) is 20.4 Å². The fraction of sp³-hybridized carbons (Fsp3) is 0.538. The summed E-state index contributed by atoms with van der Waals surface area (Å²) in [6, 6.07) is 7.43. The molecule has 1 aromatic carbocycles. The lowest BCUT2D eigenvalue weighted by molar-refractivity contribution is 0.243. The predicted molar refractivity (Wildman–Crippen MR) is 67.3 cm³/mol. The van der Waals surface area contributed by atoms with Gasteiger partial charge in [-0.3, -0.25) is 4.90 Å². The lowest BCUT2D eigenvalue weighted by Gasteiger charge is -2.23. The predicted octanol–water partition coefficient (Wildman–Crippen LogP) is 1.81. The van der Waals surface area contributed by atoms with Gasteiger partial charge < -0.3 is 10.8 Å². The van der Waals surface area contributed by atoms with Crippen molar-refractivity contribution in [1.82, 2.24) is 4.90 Å². The van der Waals surface area contributed by atoms with Gasteiger partial charge in [0.25, 0.3) is 0 Å². The molecule has 90 valence electrons. The highest BCUT2D eigenvalue weighted by Crippen LogP contribution is 2.13. The lowest BCUT2D eigenvalue weighted by atomic mass is 10.1. The molecule has 1 unspecified atom stereocenters. The summed E-state index contributed by atoms with van der Waals surface area (Å²) in [5.74, 6) is 0.845. The minimum Gasteiger partial charge on any atom is -0.508 e. The van der Waals surface area contributed by atoms with Crippen molar-refractivity contribution >= 4 is 0 Å². The number of phenolic OH excluding ortho intramolecular Hbond substituents is 1. The molecule has 16 heavy (non-hydrogen) atoms. The molecule has 1 aromatic rings. The first-order valence-electron chi connectivity index (χ1n) is 5.86. The van der Waals surface area contributed by atoms with Crippen molar-refractivity contribution in [2.24, 2.45) is 11.7 Å². The second-order valence-corrected chi connectivity index (χ2v) is 4.34.